The molecule has 0 aromatic heterocycles. The Morgan fingerprint density at radius 3 is 2.31 bits per heavy atom. The minimum atomic E-state index is 0.0914. The minimum Gasteiger partial charge on any atom is -0.367 e. The van der Waals surface area contributed by atoms with E-state index in [1.807, 2.05) is 0 Å². The molecule has 4 atom stereocenters. The Morgan fingerprint density at radius 2 is 1.92 bits per heavy atom. The van der Waals surface area contributed by atoms with Crippen molar-refractivity contribution in [3.63, 3.8) is 0 Å². The van der Waals surface area contributed by atoms with Crippen molar-refractivity contribution < 1.29 is 4.74 Å². The van der Waals surface area contributed by atoms with Gasteiger partial charge in [0.15, 0.2) is 0 Å². The zero-order valence-corrected chi connectivity index (χ0v) is 9.35. The zero-order chi connectivity index (χ0) is 9.80. The van der Waals surface area contributed by atoms with E-state index in [9.17, 15) is 0 Å². The third kappa shape index (κ3) is 0.864. The first-order valence-electron chi connectivity index (χ1n) is 5.40. The standard InChI is InChI=1S/C12H20O/c1-6-12-8(3)7(2)11(9(12)4)10(5)13-12/h9-11H,6H2,1-5H3/t9-,10-,11?,12-/m0/s1. The fourth-order valence-electron chi connectivity index (χ4n) is 3.62. The minimum absolute atomic E-state index is 0.0914. The smallest absolute Gasteiger partial charge is 0.0924 e. The first kappa shape index (κ1) is 9.26. The van der Waals surface area contributed by atoms with Gasteiger partial charge in [-0.15, -0.1) is 0 Å². The number of fused-ring (bicyclic) bond motifs is 2. The fourth-order valence-corrected chi connectivity index (χ4v) is 3.62. The van der Waals surface area contributed by atoms with Gasteiger partial charge in [-0.2, -0.15) is 0 Å². The van der Waals surface area contributed by atoms with Crippen LogP contribution in [0.15, 0.2) is 11.1 Å². The van der Waals surface area contributed by atoms with Gasteiger partial charge in [0, 0.05) is 5.92 Å². The van der Waals surface area contributed by atoms with Crippen LogP contribution in [0.3, 0.4) is 0 Å². The summed E-state index contributed by atoms with van der Waals surface area (Å²) < 4.78 is 6.13. The number of hydrogen-bond donors (Lipinski definition) is 0. The van der Waals surface area contributed by atoms with Gasteiger partial charge in [0.1, 0.15) is 0 Å². The van der Waals surface area contributed by atoms with E-state index in [0.717, 1.165) is 6.42 Å². The lowest BCUT2D eigenvalue weighted by atomic mass is 9.83. The van der Waals surface area contributed by atoms with Crippen molar-refractivity contribution in [2.24, 2.45) is 11.8 Å². The van der Waals surface area contributed by atoms with Gasteiger partial charge in [-0.05, 0) is 38.7 Å². The van der Waals surface area contributed by atoms with E-state index in [-0.39, 0.29) is 5.60 Å². The van der Waals surface area contributed by atoms with Gasteiger partial charge in [-0.3, -0.25) is 0 Å². The number of rotatable bonds is 1. The molecule has 2 bridgehead atoms. The van der Waals surface area contributed by atoms with E-state index in [4.69, 9.17) is 4.74 Å². The molecule has 0 aromatic rings. The summed E-state index contributed by atoms with van der Waals surface area (Å²) in [6, 6.07) is 0. The topological polar surface area (TPSA) is 9.23 Å². The van der Waals surface area contributed by atoms with Crippen molar-refractivity contribution >= 4 is 0 Å². The maximum absolute atomic E-state index is 6.13. The Hall–Kier alpha value is -0.300. The van der Waals surface area contributed by atoms with Crippen molar-refractivity contribution in [3.05, 3.63) is 11.1 Å². The maximum atomic E-state index is 6.13. The highest BCUT2D eigenvalue weighted by Gasteiger charge is 2.56. The van der Waals surface area contributed by atoms with Crippen molar-refractivity contribution in [3.8, 4) is 0 Å². The van der Waals surface area contributed by atoms with Gasteiger partial charge in [0.05, 0.1) is 11.7 Å². The van der Waals surface area contributed by atoms with Crippen LogP contribution < -0.4 is 0 Å². The predicted molar refractivity (Wildman–Crippen MR) is 54.6 cm³/mol. The SMILES string of the molecule is CC[C@]12O[C@@H](C)C(C(C)=C1C)[C@@H]2C. The molecule has 1 heteroatoms. The fraction of sp³-hybridized carbons (Fsp3) is 0.833. The molecule has 2 aliphatic rings. The molecule has 13 heavy (non-hydrogen) atoms. The van der Waals surface area contributed by atoms with E-state index in [1.54, 1.807) is 5.57 Å². The molecule has 1 unspecified atom stereocenters. The van der Waals surface area contributed by atoms with Crippen LogP contribution in [0.1, 0.15) is 41.0 Å². The second-order valence-electron chi connectivity index (χ2n) is 4.69. The third-order valence-corrected chi connectivity index (χ3v) is 4.43. The van der Waals surface area contributed by atoms with E-state index < -0.39 is 0 Å². The van der Waals surface area contributed by atoms with Gasteiger partial charge < -0.3 is 4.74 Å². The van der Waals surface area contributed by atoms with Gasteiger partial charge in [-0.1, -0.05) is 19.4 Å². The van der Waals surface area contributed by atoms with Gasteiger partial charge in [-0.25, -0.2) is 0 Å². The van der Waals surface area contributed by atoms with E-state index in [0.29, 0.717) is 17.9 Å². The summed E-state index contributed by atoms with van der Waals surface area (Å²) in [7, 11) is 0. The van der Waals surface area contributed by atoms with Crippen LogP contribution in [0.2, 0.25) is 0 Å². The molecule has 1 nitrogen and oxygen atoms in total. The Labute approximate surface area is 81.2 Å². The third-order valence-electron chi connectivity index (χ3n) is 4.43. The van der Waals surface area contributed by atoms with Gasteiger partial charge in [0.2, 0.25) is 0 Å². The summed E-state index contributed by atoms with van der Waals surface area (Å²) in [6.45, 7) is 11.3. The summed E-state index contributed by atoms with van der Waals surface area (Å²) in [5.41, 5.74) is 3.19. The summed E-state index contributed by atoms with van der Waals surface area (Å²) in [4.78, 5) is 0. The van der Waals surface area contributed by atoms with Crippen LogP contribution in [0.25, 0.3) is 0 Å². The lowest BCUT2D eigenvalue weighted by Crippen LogP contribution is -2.34. The molecular formula is C12H20O. The normalized spacial score (nSPS) is 49.2. The molecule has 0 amide bonds. The van der Waals surface area contributed by atoms with Crippen molar-refractivity contribution in [2.45, 2.75) is 52.7 Å². The van der Waals surface area contributed by atoms with E-state index in [1.165, 1.54) is 5.57 Å². The molecule has 1 saturated heterocycles. The maximum Gasteiger partial charge on any atom is 0.0924 e. The number of ether oxygens (including phenoxy) is 1. The van der Waals surface area contributed by atoms with Crippen LogP contribution in [-0.4, -0.2) is 11.7 Å². The number of hydrogen-bond acceptors (Lipinski definition) is 1. The monoisotopic (exact) mass is 180 g/mol. The quantitative estimate of drug-likeness (QED) is 0.563. The zero-order valence-electron chi connectivity index (χ0n) is 9.35. The summed E-state index contributed by atoms with van der Waals surface area (Å²) >= 11 is 0. The average molecular weight is 180 g/mol. The molecule has 1 aliphatic heterocycles. The Kier molecular flexibility index (Phi) is 1.85. The first-order valence-corrected chi connectivity index (χ1v) is 5.40. The van der Waals surface area contributed by atoms with Crippen LogP contribution in [-0.2, 0) is 4.74 Å². The average Bonchev–Trinajstić information content (AvgIpc) is 2.44. The Balaban J connectivity index is 2.48. The first-order chi connectivity index (χ1) is 6.04. The van der Waals surface area contributed by atoms with Crippen molar-refractivity contribution in [1.82, 2.24) is 0 Å². The van der Waals surface area contributed by atoms with Crippen LogP contribution in [0, 0.1) is 11.8 Å². The molecule has 0 aromatic carbocycles. The van der Waals surface area contributed by atoms with Gasteiger partial charge >= 0.3 is 0 Å². The van der Waals surface area contributed by atoms with Crippen LogP contribution in [0.5, 0.6) is 0 Å². The molecular weight excluding hydrogens is 160 g/mol. The molecule has 0 spiro atoms. The van der Waals surface area contributed by atoms with Crippen LogP contribution in [0.4, 0.5) is 0 Å². The second kappa shape index (κ2) is 2.60. The van der Waals surface area contributed by atoms with E-state index in [2.05, 4.69) is 34.6 Å². The lowest BCUT2D eigenvalue weighted by Gasteiger charge is -2.32. The van der Waals surface area contributed by atoms with Gasteiger partial charge in [0.25, 0.3) is 0 Å². The lowest BCUT2D eigenvalue weighted by molar-refractivity contribution is -0.0313. The molecule has 74 valence electrons. The Bertz CT molecular complexity index is 266. The van der Waals surface area contributed by atoms with Crippen molar-refractivity contribution in [1.29, 1.82) is 0 Å². The summed E-state index contributed by atoms with van der Waals surface area (Å²) in [5.74, 6) is 1.37. The molecule has 1 fully saturated rings. The summed E-state index contributed by atoms with van der Waals surface area (Å²) in [6.07, 6.45) is 1.55. The molecule has 2 rings (SSSR count). The van der Waals surface area contributed by atoms with E-state index >= 15 is 0 Å². The highest BCUT2D eigenvalue weighted by Crippen LogP contribution is 2.56. The molecule has 0 saturated carbocycles. The molecule has 1 aliphatic carbocycles. The molecule has 0 radical (unpaired) electrons. The second-order valence-corrected chi connectivity index (χ2v) is 4.69. The highest BCUT2D eigenvalue weighted by atomic mass is 16.5. The summed E-state index contributed by atoms with van der Waals surface area (Å²) in [5, 5.41) is 0. The predicted octanol–water partition coefficient (Wildman–Crippen LogP) is 3.16. The van der Waals surface area contributed by atoms with Crippen molar-refractivity contribution in [2.75, 3.05) is 0 Å². The highest BCUT2D eigenvalue weighted by molar-refractivity contribution is 5.36. The Morgan fingerprint density at radius 1 is 1.31 bits per heavy atom. The largest absolute Gasteiger partial charge is 0.367 e. The molecule has 0 N–H and O–H groups in total. The molecule has 1 heterocycles. The van der Waals surface area contributed by atoms with Crippen LogP contribution >= 0.6 is 0 Å².